The van der Waals surface area contributed by atoms with Crippen LogP contribution in [-0.4, -0.2) is 18.4 Å². The summed E-state index contributed by atoms with van der Waals surface area (Å²) in [5.74, 6) is -1.60. The van der Waals surface area contributed by atoms with Gasteiger partial charge in [-0.15, -0.1) is 0 Å². The van der Waals surface area contributed by atoms with Gasteiger partial charge in [0.2, 0.25) is 11.8 Å². The van der Waals surface area contributed by atoms with Gasteiger partial charge in [0.25, 0.3) is 0 Å². The molecule has 6 heteroatoms. The van der Waals surface area contributed by atoms with Gasteiger partial charge >= 0.3 is 0 Å². The van der Waals surface area contributed by atoms with E-state index in [9.17, 15) is 14.0 Å². The molecular formula is C17H14ClFN2O2. The van der Waals surface area contributed by atoms with E-state index in [1.165, 1.54) is 17.0 Å². The van der Waals surface area contributed by atoms with Gasteiger partial charge in [0.1, 0.15) is 5.82 Å². The van der Waals surface area contributed by atoms with Crippen LogP contribution in [0.4, 0.5) is 15.8 Å². The highest BCUT2D eigenvalue weighted by Crippen LogP contribution is 2.31. The molecule has 1 heterocycles. The Morgan fingerprint density at radius 3 is 2.61 bits per heavy atom. The summed E-state index contributed by atoms with van der Waals surface area (Å²) >= 11 is 6.10. The summed E-state index contributed by atoms with van der Waals surface area (Å²) in [7, 11) is 0. The molecule has 23 heavy (non-hydrogen) atoms. The van der Waals surface area contributed by atoms with Gasteiger partial charge in [0.05, 0.1) is 22.3 Å². The SMILES string of the molecule is O=C(Nc1ccccc1F)[C@H]1CC(=O)N(c2ccccc2Cl)C1. The van der Waals surface area contributed by atoms with Crippen LogP contribution < -0.4 is 10.2 Å². The largest absolute Gasteiger partial charge is 0.323 e. The van der Waals surface area contributed by atoms with Crippen LogP contribution in [0.5, 0.6) is 0 Å². The lowest BCUT2D eigenvalue weighted by molar-refractivity contribution is -0.122. The highest BCUT2D eigenvalue weighted by molar-refractivity contribution is 6.33. The molecule has 0 aliphatic carbocycles. The maximum Gasteiger partial charge on any atom is 0.229 e. The summed E-state index contributed by atoms with van der Waals surface area (Å²) in [6.45, 7) is 0.225. The number of benzene rings is 2. The molecule has 0 spiro atoms. The van der Waals surface area contributed by atoms with Crippen molar-refractivity contribution >= 4 is 34.8 Å². The maximum atomic E-state index is 13.6. The number of nitrogens with one attached hydrogen (secondary N) is 1. The second-order valence-electron chi connectivity index (χ2n) is 5.33. The van der Waals surface area contributed by atoms with Crippen LogP contribution in [0, 0.1) is 11.7 Å². The van der Waals surface area contributed by atoms with Crippen molar-refractivity contribution in [1.82, 2.24) is 0 Å². The van der Waals surface area contributed by atoms with Gasteiger partial charge in [-0.05, 0) is 24.3 Å². The van der Waals surface area contributed by atoms with Crippen LogP contribution in [0.3, 0.4) is 0 Å². The molecule has 0 aromatic heterocycles. The number of hydrogen-bond acceptors (Lipinski definition) is 2. The average molecular weight is 333 g/mol. The molecule has 0 unspecified atom stereocenters. The minimum absolute atomic E-state index is 0.0749. The topological polar surface area (TPSA) is 49.4 Å². The summed E-state index contributed by atoms with van der Waals surface area (Å²) in [5, 5.41) is 2.99. The molecule has 1 atom stereocenters. The minimum Gasteiger partial charge on any atom is -0.323 e. The number of para-hydroxylation sites is 2. The molecule has 1 N–H and O–H groups in total. The molecule has 118 valence electrons. The lowest BCUT2D eigenvalue weighted by Crippen LogP contribution is -2.28. The van der Waals surface area contributed by atoms with E-state index in [4.69, 9.17) is 11.6 Å². The molecule has 0 bridgehead atoms. The Labute approximate surface area is 137 Å². The zero-order chi connectivity index (χ0) is 16.4. The fourth-order valence-corrected chi connectivity index (χ4v) is 2.82. The molecule has 1 aliphatic rings. The van der Waals surface area contributed by atoms with Gasteiger partial charge in [-0.2, -0.15) is 0 Å². The first-order chi connectivity index (χ1) is 11.1. The quantitative estimate of drug-likeness (QED) is 0.935. The Morgan fingerprint density at radius 1 is 1.17 bits per heavy atom. The normalized spacial score (nSPS) is 17.4. The Morgan fingerprint density at radius 2 is 1.87 bits per heavy atom. The molecule has 1 fully saturated rings. The van der Waals surface area contributed by atoms with Crippen LogP contribution >= 0.6 is 11.6 Å². The Kier molecular flexibility index (Phi) is 4.30. The van der Waals surface area contributed by atoms with E-state index < -0.39 is 11.7 Å². The fraction of sp³-hybridized carbons (Fsp3) is 0.176. The van der Waals surface area contributed by atoms with Crippen LogP contribution in [0.2, 0.25) is 5.02 Å². The Bertz CT molecular complexity index is 766. The van der Waals surface area contributed by atoms with Crippen molar-refractivity contribution in [3.05, 3.63) is 59.4 Å². The third kappa shape index (κ3) is 3.19. The van der Waals surface area contributed by atoms with Gasteiger partial charge in [-0.1, -0.05) is 35.9 Å². The van der Waals surface area contributed by atoms with Gasteiger partial charge < -0.3 is 10.2 Å². The van der Waals surface area contributed by atoms with Crippen LogP contribution in [0.25, 0.3) is 0 Å². The number of carbonyl (C=O) groups excluding carboxylic acids is 2. The molecule has 1 aliphatic heterocycles. The van der Waals surface area contributed by atoms with Gasteiger partial charge in [-0.25, -0.2) is 4.39 Å². The number of halogens is 2. The van der Waals surface area contributed by atoms with Gasteiger partial charge in [-0.3, -0.25) is 9.59 Å². The number of nitrogens with zero attached hydrogens (tertiary/aromatic N) is 1. The molecular weight excluding hydrogens is 319 g/mol. The third-order valence-corrected chi connectivity index (χ3v) is 4.09. The highest BCUT2D eigenvalue weighted by atomic mass is 35.5. The molecule has 0 radical (unpaired) electrons. The van der Waals surface area contributed by atoms with Crippen LogP contribution in [-0.2, 0) is 9.59 Å². The van der Waals surface area contributed by atoms with E-state index in [1.807, 2.05) is 0 Å². The monoisotopic (exact) mass is 332 g/mol. The summed E-state index contributed by atoms with van der Waals surface area (Å²) in [4.78, 5) is 26.0. The van der Waals surface area contributed by atoms with Crippen molar-refractivity contribution in [2.24, 2.45) is 5.92 Å². The summed E-state index contributed by atoms with van der Waals surface area (Å²) in [6.07, 6.45) is 0.0749. The molecule has 4 nitrogen and oxygen atoms in total. The molecule has 2 aromatic carbocycles. The molecule has 2 amide bonds. The van der Waals surface area contributed by atoms with Crippen LogP contribution in [0.15, 0.2) is 48.5 Å². The number of carbonyl (C=O) groups is 2. The standard InChI is InChI=1S/C17H14ClFN2O2/c18-12-5-1-4-8-15(12)21-10-11(9-16(21)22)17(23)20-14-7-3-2-6-13(14)19/h1-8,11H,9-10H2,(H,20,23)/t11-/m0/s1. The molecule has 2 aromatic rings. The second kappa shape index (κ2) is 6.38. The first-order valence-electron chi connectivity index (χ1n) is 7.16. The predicted molar refractivity (Wildman–Crippen MR) is 86.9 cm³/mol. The molecule has 3 rings (SSSR count). The number of hydrogen-bond donors (Lipinski definition) is 1. The van der Waals surface area contributed by atoms with Crippen molar-refractivity contribution in [2.75, 3.05) is 16.8 Å². The fourth-order valence-electron chi connectivity index (χ4n) is 2.58. The molecule has 1 saturated heterocycles. The second-order valence-corrected chi connectivity index (χ2v) is 5.73. The lowest BCUT2D eigenvalue weighted by atomic mass is 10.1. The highest BCUT2D eigenvalue weighted by Gasteiger charge is 2.36. The van der Waals surface area contributed by atoms with E-state index >= 15 is 0 Å². The van der Waals surface area contributed by atoms with E-state index in [0.717, 1.165) is 0 Å². The maximum absolute atomic E-state index is 13.6. The third-order valence-electron chi connectivity index (χ3n) is 3.77. The van der Waals surface area contributed by atoms with Gasteiger partial charge in [0, 0.05) is 13.0 Å². The van der Waals surface area contributed by atoms with E-state index in [0.29, 0.717) is 10.7 Å². The van der Waals surface area contributed by atoms with Crippen LogP contribution in [0.1, 0.15) is 6.42 Å². The summed E-state index contributed by atoms with van der Waals surface area (Å²) < 4.78 is 13.6. The van der Waals surface area contributed by atoms with E-state index in [1.54, 1.807) is 36.4 Å². The lowest BCUT2D eigenvalue weighted by Gasteiger charge is -2.18. The molecule has 0 saturated carbocycles. The number of anilines is 2. The van der Waals surface area contributed by atoms with E-state index in [-0.39, 0.29) is 30.5 Å². The van der Waals surface area contributed by atoms with Crippen molar-refractivity contribution in [3.63, 3.8) is 0 Å². The average Bonchev–Trinajstić information content (AvgIpc) is 2.92. The first kappa shape index (κ1) is 15.5. The van der Waals surface area contributed by atoms with Gasteiger partial charge in [0.15, 0.2) is 0 Å². The van der Waals surface area contributed by atoms with Crippen molar-refractivity contribution in [2.45, 2.75) is 6.42 Å². The van der Waals surface area contributed by atoms with Crippen molar-refractivity contribution in [1.29, 1.82) is 0 Å². The zero-order valence-electron chi connectivity index (χ0n) is 12.1. The smallest absolute Gasteiger partial charge is 0.229 e. The Balaban J connectivity index is 1.74. The van der Waals surface area contributed by atoms with Crippen molar-refractivity contribution < 1.29 is 14.0 Å². The minimum atomic E-state index is -0.543. The predicted octanol–water partition coefficient (Wildman–Crippen LogP) is 3.47. The zero-order valence-corrected chi connectivity index (χ0v) is 12.9. The summed E-state index contributed by atoms with van der Waals surface area (Å²) in [6, 6.07) is 12.9. The number of amides is 2. The first-order valence-corrected chi connectivity index (χ1v) is 7.54. The Hall–Kier alpha value is -2.40. The summed E-state index contributed by atoms with van der Waals surface area (Å²) in [5.41, 5.74) is 0.696. The van der Waals surface area contributed by atoms with Crippen molar-refractivity contribution in [3.8, 4) is 0 Å². The number of rotatable bonds is 3. The van der Waals surface area contributed by atoms with E-state index in [2.05, 4.69) is 5.32 Å².